The number of Topliss-reactive ketones (excluding diaryl/α,β-unsaturated/α-hetero) is 1. The molecular weight excluding hydrogens is 446 g/mol. The van der Waals surface area contributed by atoms with Gasteiger partial charge in [-0.1, -0.05) is 24.3 Å². The number of rotatable bonds is 7. The molecule has 1 saturated heterocycles. The average Bonchev–Trinajstić information content (AvgIpc) is 3.37. The number of ketones is 1. The maximum atomic E-state index is 13.4. The van der Waals surface area contributed by atoms with Crippen LogP contribution in [-0.4, -0.2) is 66.6 Å². The summed E-state index contributed by atoms with van der Waals surface area (Å²) in [5.41, 5.74) is 3.58. The average molecular weight is 479 g/mol. The van der Waals surface area contributed by atoms with Crippen molar-refractivity contribution in [2.45, 2.75) is 32.1 Å². The molecule has 0 spiro atoms. The van der Waals surface area contributed by atoms with Crippen molar-refractivity contribution >= 4 is 39.0 Å². The van der Waals surface area contributed by atoms with Crippen molar-refractivity contribution in [2.75, 3.05) is 45.2 Å². The molecule has 0 amide bonds. The molecule has 1 N–H and O–H groups in total. The summed E-state index contributed by atoms with van der Waals surface area (Å²) < 4.78 is 2.21. The lowest BCUT2D eigenvalue weighted by Crippen LogP contribution is -2.54. The third-order valence-corrected chi connectivity index (χ3v) is 8.63. The highest BCUT2D eigenvalue weighted by Gasteiger charge is 2.44. The number of piperazine rings is 1. The number of aliphatic carboxylic acids is 1. The Kier molecular flexibility index (Phi) is 5.94. The summed E-state index contributed by atoms with van der Waals surface area (Å²) in [5.74, 6) is -0.867. The number of carbonyl (C=O) groups is 2. The number of hydrogen-bond donors (Lipinski definition) is 1. The molecule has 3 aromatic rings. The monoisotopic (exact) mass is 478 g/mol. The summed E-state index contributed by atoms with van der Waals surface area (Å²) in [4.78, 5) is 32.2. The van der Waals surface area contributed by atoms with Gasteiger partial charge in [0.25, 0.3) is 0 Å². The Morgan fingerprint density at radius 1 is 1.09 bits per heavy atom. The van der Waals surface area contributed by atoms with Crippen LogP contribution in [0, 0.1) is 5.41 Å². The largest absolute Gasteiger partial charge is 0.481 e. The van der Waals surface area contributed by atoms with Gasteiger partial charge in [-0.2, -0.15) is 0 Å². The normalized spacial score (nSPS) is 18.7. The zero-order chi connectivity index (χ0) is 23.9. The van der Waals surface area contributed by atoms with Crippen molar-refractivity contribution < 1.29 is 19.2 Å². The summed E-state index contributed by atoms with van der Waals surface area (Å²) in [7, 11) is 4.56. The quantitative estimate of drug-likeness (QED) is 0.521. The Balaban J connectivity index is 1.28. The van der Waals surface area contributed by atoms with Crippen molar-refractivity contribution in [3.63, 3.8) is 0 Å². The van der Waals surface area contributed by atoms with Crippen LogP contribution in [0.15, 0.2) is 42.5 Å². The fraction of sp³-hybridized carbons (Fsp3) is 0.444. The van der Waals surface area contributed by atoms with E-state index in [1.165, 1.54) is 5.69 Å². The predicted molar refractivity (Wildman–Crippen MR) is 136 cm³/mol. The number of fused-ring (bicyclic) bond motifs is 2. The first-order valence-electron chi connectivity index (χ1n) is 12.0. The third-order valence-electron chi connectivity index (χ3n) is 7.56. The summed E-state index contributed by atoms with van der Waals surface area (Å²) in [6.07, 6.45) is 1.80. The lowest BCUT2D eigenvalue weighted by molar-refractivity contribution is -0.890. The summed E-state index contributed by atoms with van der Waals surface area (Å²) in [6, 6.07) is 14.4. The molecule has 1 fully saturated rings. The lowest BCUT2D eigenvalue weighted by Gasteiger charge is -2.40. The van der Waals surface area contributed by atoms with E-state index >= 15 is 0 Å². The molecule has 0 atom stereocenters. The van der Waals surface area contributed by atoms with E-state index in [4.69, 9.17) is 4.98 Å². The van der Waals surface area contributed by atoms with Gasteiger partial charge in [-0.05, 0) is 42.2 Å². The number of carboxylic acid groups (broad SMARTS) is 1. The van der Waals surface area contributed by atoms with Crippen molar-refractivity contribution in [3.8, 4) is 0 Å². The summed E-state index contributed by atoms with van der Waals surface area (Å²) >= 11 is 1.65. The first kappa shape index (κ1) is 23.0. The number of anilines is 1. The zero-order valence-corrected chi connectivity index (χ0v) is 20.7. The molecule has 0 unspecified atom stereocenters. The smallest absolute Gasteiger partial charge is 0.304 e. The van der Waals surface area contributed by atoms with Crippen molar-refractivity contribution in [2.24, 2.45) is 5.41 Å². The maximum absolute atomic E-state index is 13.4. The Bertz CT molecular complexity index is 1210. The molecule has 1 aliphatic carbocycles. The van der Waals surface area contributed by atoms with Crippen molar-refractivity contribution in [3.05, 3.63) is 58.6 Å². The Morgan fingerprint density at radius 3 is 2.41 bits per heavy atom. The van der Waals surface area contributed by atoms with E-state index in [0.717, 1.165) is 57.0 Å². The van der Waals surface area contributed by atoms with Gasteiger partial charge < -0.3 is 14.5 Å². The molecule has 0 radical (unpaired) electrons. The van der Waals surface area contributed by atoms with Gasteiger partial charge in [-0.15, -0.1) is 11.3 Å². The van der Waals surface area contributed by atoms with Gasteiger partial charge in [0, 0.05) is 23.9 Å². The minimum Gasteiger partial charge on any atom is -0.481 e. The number of nitrogens with zero attached hydrogens (tertiary/aromatic N) is 3. The molecule has 7 heteroatoms. The lowest BCUT2D eigenvalue weighted by atomic mass is 9.76. The number of carbonyl (C=O) groups excluding carboxylic acids is 1. The molecule has 6 nitrogen and oxygen atoms in total. The first-order valence-corrected chi connectivity index (χ1v) is 12.8. The van der Waals surface area contributed by atoms with Crippen molar-refractivity contribution in [1.82, 2.24) is 4.98 Å². The van der Waals surface area contributed by atoms with Crippen LogP contribution < -0.4 is 4.90 Å². The summed E-state index contributed by atoms with van der Waals surface area (Å²) in [5, 5.41) is 10.5. The minimum absolute atomic E-state index is 0.0418. The molecule has 34 heavy (non-hydrogen) atoms. The predicted octanol–water partition coefficient (Wildman–Crippen LogP) is 3.95. The number of carboxylic acids is 1. The van der Waals surface area contributed by atoms with Gasteiger partial charge in [0.15, 0.2) is 0 Å². The number of likely N-dealkylation sites (N-methyl/N-ethyl adjacent to an activating group) is 1. The molecule has 1 aliphatic heterocycles. The maximum Gasteiger partial charge on any atom is 0.304 e. The molecule has 2 heterocycles. The molecule has 5 rings (SSSR count). The molecule has 178 valence electrons. The second kappa shape index (κ2) is 8.78. The van der Waals surface area contributed by atoms with Crippen LogP contribution >= 0.6 is 11.3 Å². The van der Waals surface area contributed by atoms with Crippen LogP contribution in [0.2, 0.25) is 0 Å². The number of hydrogen-bond acceptors (Lipinski definition) is 5. The van der Waals surface area contributed by atoms with Gasteiger partial charge in [-0.25, -0.2) is 4.98 Å². The number of quaternary nitrogens is 1. The zero-order valence-electron chi connectivity index (χ0n) is 19.9. The van der Waals surface area contributed by atoms with E-state index in [2.05, 4.69) is 37.2 Å². The van der Waals surface area contributed by atoms with E-state index in [9.17, 15) is 14.7 Å². The fourth-order valence-electron chi connectivity index (χ4n) is 5.42. The molecule has 0 bridgehead atoms. The number of aromatic nitrogens is 1. The molecule has 0 saturated carbocycles. The van der Waals surface area contributed by atoms with Gasteiger partial charge in [0.2, 0.25) is 0 Å². The topological polar surface area (TPSA) is 70.5 Å². The molecular formula is C27H32N3O3S+. The van der Waals surface area contributed by atoms with Crippen LogP contribution in [0.3, 0.4) is 0 Å². The van der Waals surface area contributed by atoms with Gasteiger partial charge in [0.1, 0.15) is 5.78 Å². The highest BCUT2D eigenvalue weighted by Crippen LogP contribution is 2.42. The highest BCUT2D eigenvalue weighted by molar-refractivity contribution is 7.18. The molecule has 1 aromatic heterocycles. The Labute approximate surface area is 204 Å². The molecule has 2 aromatic carbocycles. The van der Waals surface area contributed by atoms with Crippen LogP contribution in [0.25, 0.3) is 10.2 Å². The van der Waals surface area contributed by atoms with Crippen LogP contribution in [0.4, 0.5) is 5.69 Å². The second-order valence-corrected chi connectivity index (χ2v) is 11.6. The van der Waals surface area contributed by atoms with E-state index in [1.807, 2.05) is 24.3 Å². The SMILES string of the molecule is C[N+]1(C)CCN(c2ccc3nc(CCC(=O)C4(CC(=O)O)Cc5ccccc5C4)sc3c2)CC1. The van der Waals surface area contributed by atoms with E-state index in [1.54, 1.807) is 11.3 Å². The van der Waals surface area contributed by atoms with Crippen LogP contribution in [0.1, 0.15) is 29.0 Å². The first-order chi connectivity index (χ1) is 16.2. The van der Waals surface area contributed by atoms with Gasteiger partial charge in [0.05, 0.1) is 61.9 Å². The number of thiazole rings is 1. The summed E-state index contributed by atoms with van der Waals surface area (Å²) in [6.45, 7) is 4.37. The highest BCUT2D eigenvalue weighted by atomic mass is 32.1. The third kappa shape index (κ3) is 4.59. The fourth-order valence-corrected chi connectivity index (χ4v) is 6.42. The second-order valence-electron chi connectivity index (χ2n) is 10.5. The standard InChI is InChI=1S/C27H31N3O3S/c1-30(2)13-11-29(12-14-30)21-7-8-22-23(15-21)34-25(28-22)10-9-24(31)27(18-26(32)33)16-19-5-3-4-6-20(19)17-27/h3-8,15H,9-14,16-18H2,1-2H3/p+1. The molecule has 2 aliphatic rings. The Morgan fingerprint density at radius 2 is 1.76 bits per heavy atom. The van der Waals surface area contributed by atoms with E-state index in [0.29, 0.717) is 25.7 Å². The van der Waals surface area contributed by atoms with Crippen molar-refractivity contribution in [1.29, 1.82) is 0 Å². The minimum atomic E-state index is -0.909. The van der Waals surface area contributed by atoms with Gasteiger partial charge in [-0.3, -0.25) is 9.59 Å². The number of benzene rings is 2. The van der Waals surface area contributed by atoms with Crippen LogP contribution in [0.5, 0.6) is 0 Å². The van der Waals surface area contributed by atoms with Gasteiger partial charge >= 0.3 is 5.97 Å². The Hall–Kier alpha value is -2.77. The van der Waals surface area contributed by atoms with E-state index in [-0.39, 0.29) is 12.2 Å². The van der Waals surface area contributed by atoms with Crippen LogP contribution in [-0.2, 0) is 28.9 Å². The number of aryl methyl sites for hydroxylation is 1. The van der Waals surface area contributed by atoms with E-state index < -0.39 is 11.4 Å².